The maximum absolute atomic E-state index is 13.1. The molecule has 2 unspecified atom stereocenters. The summed E-state index contributed by atoms with van der Waals surface area (Å²) in [5.74, 6) is 0.461. The third-order valence-corrected chi connectivity index (χ3v) is 6.05. The van der Waals surface area contributed by atoms with Crippen molar-refractivity contribution in [2.24, 2.45) is 0 Å². The lowest BCUT2D eigenvalue weighted by Crippen LogP contribution is -2.48. The topological polar surface area (TPSA) is 72.3 Å². The Bertz CT molecular complexity index is 492. The molecule has 1 aromatic rings. The zero-order valence-electron chi connectivity index (χ0n) is 13.3. The van der Waals surface area contributed by atoms with Gasteiger partial charge in [-0.05, 0) is 30.6 Å². The largest absolute Gasteiger partial charge is 0.623 e. The summed E-state index contributed by atoms with van der Waals surface area (Å²) in [4.78, 5) is 2.04. The zero-order valence-corrected chi connectivity index (χ0v) is 14.1. The lowest BCUT2D eigenvalue weighted by molar-refractivity contribution is 0.0843. The Kier molecular flexibility index (Phi) is 5.09. The maximum Gasteiger partial charge on any atom is 0.309 e. The molecule has 1 saturated carbocycles. The van der Waals surface area contributed by atoms with Crippen LogP contribution in [-0.2, 0) is 0 Å². The van der Waals surface area contributed by atoms with Crippen LogP contribution in [0.25, 0.3) is 0 Å². The van der Waals surface area contributed by atoms with Crippen LogP contribution in [0.15, 0.2) is 0 Å². The van der Waals surface area contributed by atoms with Gasteiger partial charge >= 0.3 is 5.13 Å². The standard InChI is InChI=1S/C15H26N4O2S/c1-2-3-9-18-10-13(20)19(21,11-18)15-17-16-14(22-15)12-7-5-4-6-8-12/h12-13,20H,2-11H2,1H3. The molecule has 2 fully saturated rings. The number of hydrogen-bond donors (Lipinski definition) is 1. The average Bonchev–Trinajstić information content (AvgIpc) is 3.13. The van der Waals surface area contributed by atoms with Gasteiger partial charge < -0.3 is 10.3 Å². The van der Waals surface area contributed by atoms with Crippen molar-refractivity contribution in [1.82, 2.24) is 19.7 Å². The Morgan fingerprint density at radius 1 is 1.32 bits per heavy atom. The average molecular weight is 326 g/mol. The Balaban J connectivity index is 1.71. The molecule has 3 rings (SSSR count). The second kappa shape index (κ2) is 6.88. The van der Waals surface area contributed by atoms with Gasteiger partial charge in [-0.2, -0.15) is 0 Å². The number of nitrogens with zero attached hydrogens (tertiary/aromatic N) is 4. The Hall–Kier alpha value is -0.600. The van der Waals surface area contributed by atoms with Crippen LogP contribution in [0.1, 0.15) is 62.8 Å². The van der Waals surface area contributed by atoms with Crippen molar-refractivity contribution in [1.29, 1.82) is 0 Å². The number of β-amino-alcohol motifs (C(OH)–C–C–N with tert-alkyl or cyclic N) is 1. The molecule has 0 spiro atoms. The number of aliphatic hydroxyl groups is 1. The fourth-order valence-corrected chi connectivity index (χ4v) is 4.52. The lowest BCUT2D eigenvalue weighted by atomic mass is 9.90. The van der Waals surface area contributed by atoms with Crippen LogP contribution < -0.4 is 4.65 Å². The van der Waals surface area contributed by atoms with Gasteiger partial charge in [0.1, 0.15) is 11.7 Å². The normalized spacial score (nSPS) is 31.0. The highest BCUT2D eigenvalue weighted by Crippen LogP contribution is 2.39. The predicted octanol–water partition coefficient (Wildman–Crippen LogP) is 2.78. The predicted molar refractivity (Wildman–Crippen MR) is 88.3 cm³/mol. The van der Waals surface area contributed by atoms with E-state index in [2.05, 4.69) is 17.1 Å². The number of rotatable bonds is 5. The van der Waals surface area contributed by atoms with E-state index in [1.165, 1.54) is 30.6 Å². The number of hydroxylamine groups is 2. The first-order chi connectivity index (χ1) is 10.6. The minimum atomic E-state index is -0.941. The van der Waals surface area contributed by atoms with Crippen molar-refractivity contribution in [3.63, 3.8) is 0 Å². The number of unbranched alkanes of at least 4 members (excludes halogenated alkanes) is 1. The Labute approximate surface area is 135 Å². The molecular weight excluding hydrogens is 300 g/mol. The van der Waals surface area contributed by atoms with E-state index in [1.807, 2.05) is 4.90 Å². The molecule has 0 radical (unpaired) electrons. The van der Waals surface area contributed by atoms with Crippen molar-refractivity contribution >= 4 is 16.5 Å². The fraction of sp³-hybridized carbons (Fsp3) is 0.867. The van der Waals surface area contributed by atoms with Gasteiger partial charge in [-0.25, -0.2) is 4.90 Å². The van der Waals surface area contributed by atoms with Gasteiger partial charge in [-0.1, -0.05) is 37.7 Å². The van der Waals surface area contributed by atoms with Gasteiger partial charge in [-0.15, -0.1) is 5.10 Å². The van der Waals surface area contributed by atoms with E-state index in [9.17, 15) is 10.3 Å². The summed E-state index contributed by atoms with van der Waals surface area (Å²) in [5.41, 5.74) is 0. The van der Waals surface area contributed by atoms with Gasteiger partial charge in [0.2, 0.25) is 6.23 Å². The van der Waals surface area contributed by atoms with Crippen LogP contribution in [-0.4, -0.2) is 46.2 Å². The quantitative estimate of drug-likeness (QED) is 0.665. The molecular formula is C15H26N4O2S. The Morgan fingerprint density at radius 3 is 2.82 bits per heavy atom. The first-order valence-electron chi connectivity index (χ1n) is 8.46. The Morgan fingerprint density at radius 2 is 2.09 bits per heavy atom. The summed E-state index contributed by atoms with van der Waals surface area (Å²) in [7, 11) is 0. The molecule has 0 amide bonds. The second-order valence-electron chi connectivity index (χ2n) is 6.61. The lowest BCUT2D eigenvalue weighted by Gasteiger charge is -2.36. The molecule has 22 heavy (non-hydrogen) atoms. The summed E-state index contributed by atoms with van der Waals surface area (Å²) in [5, 5.41) is 33.1. The van der Waals surface area contributed by atoms with Crippen molar-refractivity contribution in [2.75, 3.05) is 19.8 Å². The minimum absolute atomic E-state index is 0.292. The maximum atomic E-state index is 13.1. The van der Waals surface area contributed by atoms with Crippen molar-refractivity contribution in [3.05, 3.63) is 10.2 Å². The second-order valence-corrected chi connectivity index (χ2v) is 7.59. The minimum Gasteiger partial charge on any atom is -0.623 e. The SMILES string of the molecule is CCCCN1CC(O)[N+]([O-])(c2nnc(C3CCCCC3)s2)C1. The number of aliphatic hydroxyl groups excluding tert-OH is 1. The number of hydrogen-bond acceptors (Lipinski definition) is 6. The van der Waals surface area contributed by atoms with Crippen molar-refractivity contribution in [2.45, 2.75) is 64.0 Å². The highest BCUT2D eigenvalue weighted by atomic mass is 32.1. The highest BCUT2D eigenvalue weighted by Gasteiger charge is 2.43. The van der Waals surface area contributed by atoms with Crippen LogP contribution in [0.3, 0.4) is 0 Å². The third-order valence-electron chi connectivity index (χ3n) is 4.85. The van der Waals surface area contributed by atoms with E-state index in [0.29, 0.717) is 24.3 Å². The van der Waals surface area contributed by atoms with Crippen LogP contribution in [0, 0.1) is 5.21 Å². The first kappa shape index (κ1) is 16.3. The van der Waals surface area contributed by atoms with E-state index < -0.39 is 10.9 Å². The van der Waals surface area contributed by atoms with Gasteiger partial charge in [0.15, 0.2) is 0 Å². The fourth-order valence-electron chi connectivity index (χ4n) is 3.44. The van der Waals surface area contributed by atoms with E-state index in [1.54, 1.807) is 0 Å². The third kappa shape index (κ3) is 3.19. The van der Waals surface area contributed by atoms with E-state index in [4.69, 9.17) is 0 Å². The molecule has 124 valence electrons. The summed E-state index contributed by atoms with van der Waals surface area (Å²) in [6, 6.07) is 0. The molecule has 1 N–H and O–H groups in total. The summed E-state index contributed by atoms with van der Waals surface area (Å²) < 4.78 is -0.742. The van der Waals surface area contributed by atoms with Crippen LogP contribution >= 0.6 is 11.3 Å². The first-order valence-corrected chi connectivity index (χ1v) is 9.28. The van der Waals surface area contributed by atoms with Gasteiger partial charge in [0.25, 0.3) is 0 Å². The molecule has 2 atom stereocenters. The molecule has 2 heterocycles. The molecule has 1 saturated heterocycles. The molecule has 6 nitrogen and oxygen atoms in total. The van der Waals surface area contributed by atoms with Gasteiger partial charge in [0, 0.05) is 12.5 Å². The van der Waals surface area contributed by atoms with Crippen LogP contribution in [0.2, 0.25) is 0 Å². The van der Waals surface area contributed by atoms with E-state index in [0.717, 1.165) is 37.2 Å². The molecule has 1 aliphatic heterocycles. The molecule has 0 bridgehead atoms. The van der Waals surface area contributed by atoms with Gasteiger partial charge in [0.05, 0.1) is 6.54 Å². The molecule has 1 aromatic heterocycles. The highest BCUT2D eigenvalue weighted by molar-refractivity contribution is 7.15. The van der Waals surface area contributed by atoms with Crippen LogP contribution in [0.5, 0.6) is 0 Å². The number of aromatic nitrogens is 2. The number of quaternary nitrogens is 1. The summed E-state index contributed by atoms with van der Waals surface area (Å²) >= 11 is 1.42. The smallest absolute Gasteiger partial charge is 0.309 e. The summed E-state index contributed by atoms with van der Waals surface area (Å²) in [6.45, 7) is 3.72. The van der Waals surface area contributed by atoms with E-state index in [-0.39, 0.29) is 0 Å². The zero-order chi connectivity index (χ0) is 15.6. The monoisotopic (exact) mass is 326 g/mol. The summed E-state index contributed by atoms with van der Waals surface area (Å²) in [6.07, 6.45) is 7.29. The van der Waals surface area contributed by atoms with Crippen molar-refractivity contribution in [3.8, 4) is 0 Å². The molecule has 2 aliphatic rings. The molecule has 1 aliphatic carbocycles. The van der Waals surface area contributed by atoms with Gasteiger partial charge in [-0.3, -0.25) is 4.65 Å². The molecule has 7 heteroatoms. The van der Waals surface area contributed by atoms with E-state index >= 15 is 0 Å². The van der Waals surface area contributed by atoms with Crippen LogP contribution in [0.4, 0.5) is 5.13 Å². The molecule has 0 aromatic carbocycles. The van der Waals surface area contributed by atoms with Crippen molar-refractivity contribution < 1.29 is 5.11 Å².